The number of rotatable bonds is 5. The molecule has 0 amide bonds. The largest absolute Gasteiger partial charge is 0.478 e. The van der Waals surface area contributed by atoms with Gasteiger partial charge in [0.05, 0.1) is 5.54 Å². The molecule has 1 fully saturated rings. The number of nitrogens with zero attached hydrogens (tertiary/aromatic N) is 1. The van der Waals surface area contributed by atoms with Crippen LogP contribution in [0, 0.1) is 0 Å². The van der Waals surface area contributed by atoms with Crippen molar-refractivity contribution in [3.05, 3.63) is 34.9 Å². The molecule has 1 aliphatic carbocycles. The van der Waals surface area contributed by atoms with Crippen LogP contribution in [0.4, 0.5) is 0 Å². The van der Waals surface area contributed by atoms with Gasteiger partial charge in [0.25, 0.3) is 0 Å². The Kier molecular flexibility index (Phi) is 4.51. The van der Waals surface area contributed by atoms with Crippen LogP contribution in [-0.4, -0.2) is 18.5 Å². The van der Waals surface area contributed by atoms with Crippen molar-refractivity contribution in [1.82, 2.24) is 0 Å². The highest BCUT2D eigenvalue weighted by Crippen LogP contribution is 2.46. The number of benzene rings is 1. The zero-order valence-corrected chi connectivity index (χ0v) is 13.1. The van der Waals surface area contributed by atoms with E-state index < -0.39 is 0 Å². The molecule has 3 rings (SSSR count). The number of halogens is 1. The van der Waals surface area contributed by atoms with Crippen molar-refractivity contribution in [2.24, 2.45) is 10.7 Å². The Morgan fingerprint density at radius 3 is 3.00 bits per heavy atom. The fraction of sp³-hybridized carbons (Fsp3) is 0.588. The van der Waals surface area contributed by atoms with E-state index in [0.29, 0.717) is 6.10 Å². The number of aliphatic imine (C=N–C) groups is 1. The Hall–Kier alpha value is -1.06. The minimum atomic E-state index is -0.169. The van der Waals surface area contributed by atoms with Crippen molar-refractivity contribution in [3.8, 4) is 0 Å². The van der Waals surface area contributed by atoms with Crippen LogP contribution in [0.3, 0.4) is 0 Å². The summed E-state index contributed by atoms with van der Waals surface area (Å²) in [5.41, 5.74) is 6.57. The molecular formula is C17H23ClN2O. The van der Waals surface area contributed by atoms with Gasteiger partial charge in [-0.15, -0.1) is 0 Å². The SMILES string of the molecule is NCCCCC1=N[C@]2(c3ccccc3Cl)CCC[C@H](C2)O1. The quantitative estimate of drug-likeness (QED) is 0.835. The second kappa shape index (κ2) is 6.37. The fourth-order valence-electron chi connectivity index (χ4n) is 3.54. The molecular weight excluding hydrogens is 284 g/mol. The van der Waals surface area contributed by atoms with Crippen molar-refractivity contribution >= 4 is 17.5 Å². The average molecular weight is 307 g/mol. The van der Waals surface area contributed by atoms with Crippen LogP contribution < -0.4 is 5.73 Å². The third kappa shape index (κ3) is 3.09. The van der Waals surface area contributed by atoms with Crippen LogP contribution in [0.15, 0.2) is 29.3 Å². The van der Waals surface area contributed by atoms with Crippen molar-refractivity contribution in [2.45, 2.75) is 56.6 Å². The van der Waals surface area contributed by atoms with Gasteiger partial charge in [-0.05, 0) is 50.3 Å². The zero-order valence-electron chi connectivity index (χ0n) is 12.4. The van der Waals surface area contributed by atoms with E-state index in [1.165, 1.54) is 0 Å². The Balaban J connectivity index is 1.90. The number of nitrogens with two attached hydrogens (primary N) is 1. The number of unbranched alkanes of at least 4 members (excludes halogenated alkanes) is 1. The van der Waals surface area contributed by atoms with E-state index in [-0.39, 0.29) is 5.54 Å². The average Bonchev–Trinajstić information content (AvgIpc) is 2.47. The number of fused-ring (bicyclic) bond motifs is 2. The molecule has 1 aromatic carbocycles. The number of ether oxygens (including phenoxy) is 1. The maximum atomic E-state index is 6.45. The smallest absolute Gasteiger partial charge is 0.184 e. The molecule has 1 heterocycles. The summed E-state index contributed by atoms with van der Waals surface area (Å²) in [6.07, 6.45) is 7.54. The van der Waals surface area contributed by atoms with E-state index in [1.54, 1.807) is 0 Å². The molecule has 0 aromatic heterocycles. The summed E-state index contributed by atoms with van der Waals surface area (Å²) in [6.45, 7) is 0.729. The van der Waals surface area contributed by atoms with E-state index in [0.717, 1.165) is 68.0 Å². The van der Waals surface area contributed by atoms with Gasteiger partial charge in [-0.2, -0.15) is 0 Å². The van der Waals surface area contributed by atoms with Gasteiger partial charge >= 0.3 is 0 Å². The van der Waals surface area contributed by atoms with Gasteiger partial charge < -0.3 is 10.5 Å². The summed E-state index contributed by atoms with van der Waals surface area (Å²) < 4.78 is 6.06. The Morgan fingerprint density at radius 2 is 2.19 bits per heavy atom. The highest BCUT2D eigenvalue weighted by molar-refractivity contribution is 6.31. The van der Waals surface area contributed by atoms with E-state index in [2.05, 4.69) is 12.1 Å². The van der Waals surface area contributed by atoms with Crippen LogP contribution in [0.25, 0.3) is 0 Å². The van der Waals surface area contributed by atoms with Gasteiger partial charge in [-0.3, -0.25) is 0 Å². The first-order chi connectivity index (χ1) is 10.2. The first-order valence-electron chi connectivity index (χ1n) is 7.94. The summed E-state index contributed by atoms with van der Waals surface area (Å²) >= 11 is 6.45. The molecule has 1 saturated carbocycles. The molecule has 2 N–H and O–H groups in total. The van der Waals surface area contributed by atoms with E-state index in [1.807, 2.05) is 12.1 Å². The molecule has 0 saturated heterocycles. The molecule has 0 unspecified atom stereocenters. The van der Waals surface area contributed by atoms with Crippen LogP contribution in [0.1, 0.15) is 50.5 Å². The monoisotopic (exact) mass is 306 g/mol. The van der Waals surface area contributed by atoms with Crippen molar-refractivity contribution in [3.63, 3.8) is 0 Å². The van der Waals surface area contributed by atoms with Crippen molar-refractivity contribution < 1.29 is 4.74 Å². The number of hydrogen-bond acceptors (Lipinski definition) is 3. The van der Waals surface area contributed by atoms with E-state index >= 15 is 0 Å². The fourth-order valence-corrected chi connectivity index (χ4v) is 3.85. The maximum absolute atomic E-state index is 6.45. The van der Waals surface area contributed by atoms with Crippen molar-refractivity contribution in [1.29, 1.82) is 0 Å². The summed E-state index contributed by atoms with van der Waals surface area (Å²) in [7, 11) is 0. The molecule has 1 aliphatic heterocycles. The van der Waals surface area contributed by atoms with Gasteiger partial charge in [0, 0.05) is 17.9 Å². The third-order valence-electron chi connectivity index (χ3n) is 4.54. The van der Waals surface area contributed by atoms with Crippen LogP contribution >= 0.6 is 11.6 Å². The lowest BCUT2D eigenvalue weighted by Gasteiger charge is -2.43. The molecule has 21 heavy (non-hydrogen) atoms. The zero-order chi connectivity index (χ0) is 14.7. The van der Waals surface area contributed by atoms with Gasteiger partial charge in [0.2, 0.25) is 0 Å². The Labute approximate surface area is 131 Å². The molecule has 0 radical (unpaired) electrons. The standard InChI is InChI=1S/C17H23ClN2O/c18-15-8-2-1-7-14(15)17-10-5-6-13(12-17)21-16(20-17)9-3-4-11-19/h1-2,7-8,13H,3-6,9-12,19H2/t13-,17-/m1/s1. The number of hydrogen-bond donors (Lipinski definition) is 1. The highest BCUT2D eigenvalue weighted by atomic mass is 35.5. The predicted molar refractivity (Wildman–Crippen MR) is 86.8 cm³/mol. The normalized spacial score (nSPS) is 27.9. The Morgan fingerprint density at radius 1 is 1.33 bits per heavy atom. The van der Waals surface area contributed by atoms with Gasteiger partial charge in [-0.25, -0.2) is 4.99 Å². The second-order valence-corrected chi connectivity index (χ2v) is 6.51. The lowest BCUT2D eigenvalue weighted by atomic mass is 9.75. The summed E-state index contributed by atoms with van der Waals surface area (Å²) in [6, 6.07) is 8.12. The summed E-state index contributed by atoms with van der Waals surface area (Å²) in [4.78, 5) is 5.01. The van der Waals surface area contributed by atoms with Crippen LogP contribution in [-0.2, 0) is 10.3 Å². The molecule has 4 heteroatoms. The third-order valence-corrected chi connectivity index (χ3v) is 4.87. The topological polar surface area (TPSA) is 47.6 Å². The highest BCUT2D eigenvalue weighted by Gasteiger charge is 2.43. The lowest BCUT2D eigenvalue weighted by Crippen LogP contribution is -2.41. The van der Waals surface area contributed by atoms with Crippen molar-refractivity contribution in [2.75, 3.05) is 6.54 Å². The molecule has 114 valence electrons. The first kappa shape index (κ1) is 14.9. The van der Waals surface area contributed by atoms with E-state index in [4.69, 9.17) is 27.1 Å². The van der Waals surface area contributed by atoms with Crippen LogP contribution in [0.2, 0.25) is 5.02 Å². The molecule has 0 spiro atoms. The van der Waals surface area contributed by atoms with Gasteiger partial charge in [0.1, 0.15) is 6.10 Å². The molecule has 3 nitrogen and oxygen atoms in total. The maximum Gasteiger partial charge on any atom is 0.184 e. The van der Waals surface area contributed by atoms with Gasteiger partial charge in [-0.1, -0.05) is 29.8 Å². The molecule has 1 aromatic rings. The Bertz CT molecular complexity index is 531. The molecule has 2 atom stereocenters. The molecule has 2 aliphatic rings. The molecule has 2 bridgehead atoms. The minimum absolute atomic E-state index is 0.169. The summed E-state index contributed by atoms with van der Waals surface area (Å²) in [5, 5.41) is 0.824. The predicted octanol–water partition coefficient (Wildman–Crippen LogP) is 4.04. The van der Waals surface area contributed by atoms with Crippen LogP contribution in [0.5, 0.6) is 0 Å². The minimum Gasteiger partial charge on any atom is -0.478 e. The summed E-state index contributed by atoms with van der Waals surface area (Å²) in [5.74, 6) is 0.902. The van der Waals surface area contributed by atoms with Gasteiger partial charge in [0.15, 0.2) is 5.90 Å². The first-order valence-corrected chi connectivity index (χ1v) is 8.32. The lowest BCUT2D eigenvalue weighted by molar-refractivity contribution is 0.0680. The van der Waals surface area contributed by atoms with E-state index in [9.17, 15) is 0 Å². The second-order valence-electron chi connectivity index (χ2n) is 6.10.